The van der Waals surface area contributed by atoms with Crippen molar-refractivity contribution in [3.05, 3.63) is 35.4 Å². The van der Waals surface area contributed by atoms with Gasteiger partial charge < -0.3 is 5.11 Å². The average molecular weight is 174 g/mol. The van der Waals surface area contributed by atoms with Gasteiger partial charge in [-0.2, -0.15) is 0 Å². The van der Waals surface area contributed by atoms with Crippen molar-refractivity contribution < 1.29 is 5.11 Å². The highest BCUT2D eigenvalue weighted by Gasteiger charge is 2.04. The third-order valence-corrected chi connectivity index (χ3v) is 2.07. The van der Waals surface area contributed by atoms with E-state index in [1.165, 1.54) is 11.1 Å². The van der Waals surface area contributed by atoms with E-state index < -0.39 is 6.10 Å². The molecule has 1 N–H and O–H groups in total. The molecule has 1 atom stereocenters. The molecule has 1 unspecified atom stereocenters. The van der Waals surface area contributed by atoms with Crippen molar-refractivity contribution in [2.45, 2.75) is 25.9 Å². The molecular formula is C12H14O. The van der Waals surface area contributed by atoms with E-state index in [0.717, 1.165) is 0 Å². The predicted octanol–water partition coefficient (Wildman–Crippen LogP) is 1.92. The highest BCUT2D eigenvalue weighted by molar-refractivity contribution is 5.26. The fraction of sp³-hybridized carbons (Fsp3) is 0.333. The molecule has 0 aliphatic heterocycles. The van der Waals surface area contributed by atoms with Crippen LogP contribution in [-0.2, 0) is 6.42 Å². The van der Waals surface area contributed by atoms with E-state index in [0.29, 0.717) is 12.8 Å². The predicted molar refractivity (Wildman–Crippen MR) is 54.3 cm³/mol. The summed E-state index contributed by atoms with van der Waals surface area (Å²) >= 11 is 0. The van der Waals surface area contributed by atoms with Crippen molar-refractivity contribution in [3.63, 3.8) is 0 Å². The summed E-state index contributed by atoms with van der Waals surface area (Å²) in [6.45, 7) is 2.04. The van der Waals surface area contributed by atoms with Crippen molar-refractivity contribution in [1.82, 2.24) is 0 Å². The van der Waals surface area contributed by atoms with Crippen LogP contribution in [0.1, 0.15) is 17.5 Å². The van der Waals surface area contributed by atoms with Gasteiger partial charge in [0, 0.05) is 6.42 Å². The van der Waals surface area contributed by atoms with E-state index in [-0.39, 0.29) is 0 Å². The SMILES string of the molecule is C#CCC(O)Cc1ccccc1C. The molecule has 68 valence electrons. The zero-order chi connectivity index (χ0) is 9.68. The minimum Gasteiger partial charge on any atom is -0.392 e. The van der Waals surface area contributed by atoms with Crippen molar-refractivity contribution in [3.8, 4) is 12.3 Å². The van der Waals surface area contributed by atoms with Gasteiger partial charge in [0.1, 0.15) is 0 Å². The molecule has 0 saturated carbocycles. The van der Waals surface area contributed by atoms with Crippen LogP contribution >= 0.6 is 0 Å². The molecule has 1 aromatic rings. The van der Waals surface area contributed by atoms with Gasteiger partial charge in [0.05, 0.1) is 6.10 Å². The zero-order valence-electron chi connectivity index (χ0n) is 7.83. The van der Waals surface area contributed by atoms with Crippen molar-refractivity contribution in [1.29, 1.82) is 0 Å². The smallest absolute Gasteiger partial charge is 0.0689 e. The van der Waals surface area contributed by atoms with Gasteiger partial charge in [0.2, 0.25) is 0 Å². The minimum absolute atomic E-state index is 0.411. The summed E-state index contributed by atoms with van der Waals surface area (Å²) in [5.41, 5.74) is 2.38. The summed E-state index contributed by atoms with van der Waals surface area (Å²) in [5.74, 6) is 2.46. The maximum Gasteiger partial charge on any atom is 0.0689 e. The maximum atomic E-state index is 9.48. The highest BCUT2D eigenvalue weighted by atomic mass is 16.3. The molecule has 0 bridgehead atoms. The Morgan fingerprint density at radius 1 is 1.46 bits per heavy atom. The van der Waals surface area contributed by atoms with Gasteiger partial charge in [-0.3, -0.25) is 0 Å². The topological polar surface area (TPSA) is 20.2 Å². The normalized spacial score (nSPS) is 12.1. The molecule has 0 aliphatic carbocycles. The Balaban J connectivity index is 2.64. The Morgan fingerprint density at radius 2 is 2.15 bits per heavy atom. The lowest BCUT2D eigenvalue weighted by Crippen LogP contribution is -2.09. The number of benzene rings is 1. The lowest BCUT2D eigenvalue weighted by molar-refractivity contribution is 0.180. The van der Waals surface area contributed by atoms with Gasteiger partial charge in [0.25, 0.3) is 0 Å². The van der Waals surface area contributed by atoms with Gasteiger partial charge in [0.15, 0.2) is 0 Å². The lowest BCUT2D eigenvalue weighted by Gasteiger charge is -2.09. The van der Waals surface area contributed by atoms with Gasteiger partial charge in [-0.15, -0.1) is 12.3 Å². The third kappa shape index (κ3) is 2.93. The number of aryl methyl sites for hydroxylation is 1. The Labute approximate surface area is 79.4 Å². The monoisotopic (exact) mass is 174 g/mol. The van der Waals surface area contributed by atoms with Crippen LogP contribution in [0.25, 0.3) is 0 Å². The standard InChI is InChI=1S/C12H14O/c1-3-6-12(13)9-11-8-5-4-7-10(11)2/h1,4-5,7-8,12-13H,6,9H2,2H3. The highest BCUT2D eigenvalue weighted by Crippen LogP contribution is 2.10. The number of aliphatic hydroxyl groups excluding tert-OH is 1. The molecule has 0 fully saturated rings. The van der Waals surface area contributed by atoms with Crippen LogP contribution in [0, 0.1) is 19.3 Å². The maximum absolute atomic E-state index is 9.48. The second-order valence-corrected chi connectivity index (χ2v) is 3.19. The van der Waals surface area contributed by atoms with E-state index in [1.54, 1.807) is 0 Å². The largest absolute Gasteiger partial charge is 0.392 e. The van der Waals surface area contributed by atoms with Crippen molar-refractivity contribution in [2.24, 2.45) is 0 Å². The van der Waals surface area contributed by atoms with Crippen LogP contribution in [0.3, 0.4) is 0 Å². The molecule has 0 aliphatic rings. The van der Waals surface area contributed by atoms with Crippen molar-refractivity contribution >= 4 is 0 Å². The molecule has 1 heteroatoms. The van der Waals surface area contributed by atoms with Crippen LogP contribution in [0.15, 0.2) is 24.3 Å². The fourth-order valence-corrected chi connectivity index (χ4v) is 1.30. The van der Waals surface area contributed by atoms with Crippen LogP contribution in [0.4, 0.5) is 0 Å². The Kier molecular flexibility index (Phi) is 3.54. The zero-order valence-corrected chi connectivity index (χ0v) is 7.83. The van der Waals surface area contributed by atoms with Crippen LogP contribution in [-0.4, -0.2) is 11.2 Å². The quantitative estimate of drug-likeness (QED) is 0.694. The Bertz CT molecular complexity index is 309. The summed E-state index contributed by atoms with van der Waals surface area (Å²) < 4.78 is 0. The number of rotatable bonds is 3. The van der Waals surface area contributed by atoms with E-state index in [9.17, 15) is 5.11 Å². The minimum atomic E-state index is -0.411. The molecule has 0 radical (unpaired) electrons. The van der Waals surface area contributed by atoms with E-state index >= 15 is 0 Å². The lowest BCUT2D eigenvalue weighted by atomic mass is 10.0. The molecule has 0 aromatic heterocycles. The summed E-state index contributed by atoms with van der Waals surface area (Å²) in [7, 11) is 0. The number of hydrogen-bond donors (Lipinski definition) is 1. The summed E-state index contributed by atoms with van der Waals surface area (Å²) in [5, 5.41) is 9.48. The molecule has 0 amide bonds. The molecule has 0 spiro atoms. The molecule has 13 heavy (non-hydrogen) atoms. The van der Waals surface area contributed by atoms with Crippen LogP contribution in [0.5, 0.6) is 0 Å². The van der Waals surface area contributed by atoms with Gasteiger partial charge in [-0.25, -0.2) is 0 Å². The third-order valence-electron chi connectivity index (χ3n) is 2.07. The number of hydrogen-bond acceptors (Lipinski definition) is 1. The summed E-state index contributed by atoms with van der Waals surface area (Å²) in [6.07, 6.45) is 5.77. The summed E-state index contributed by atoms with van der Waals surface area (Å²) in [4.78, 5) is 0. The number of terminal acetylenes is 1. The van der Waals surface area contributed by atoms with E-state index in [1.807, 2.05) is 31.2 Å². The first-order chi connectivity index (χ1) is 6.24. The Hall–Kier alpha value is -1.26. The molecule has 0 heterocycles. The average Bonchev–Trinajstić information content (AvgIpc) is 2.09. The second-order valence-electron chi connectivity index (χ2n) is 3.19. The summed E-state index contributed by atoms with van der Waals surface area (Å²) in [6, 6.07) is 8.03. The first kappa shape index (κ1) is 9.83. The van der Waals surface area contributed by atoms with Gasteiger partial charge in [-0.1, -0.05) is 24.3 Å². The van der Waals surface area contributed by atoms with Crippen LogP contribution < -0.4 is 0 Å². The fourth-order valence-electron chi connectivity index (χ4n) is 1.30. The van der Waals surface area contributed by atoms with Crippen molar-refractivity contribution in [2.75, 3.05) is 0 Å². The first-order valence-corrected chi connectivity index (χ1v) is 4.40. The first-order valence-electron chi connectivity index (χ1n) is 4.40. The van der Waals surface area contributed by atoms with Gasteiger partial charge >= 0.3 is 0 Å². The molecule has 1 nitrogen and oxygen atoms in total. The molecular weight excluding hydrogens is 160 g/mol. The van der Waals surface area contributed by atoms with Crippen LogP contribution in [0.2, 0.25) is 0 Å². The number of aliphatic hydroxyl groups is 1. The molecule has 1 aromatic carbocycles. The van der Waals surface area contributed by atoms with E-state index in [4.69, 9.17) is 6.42 Å². The molecule has 0 saturated heterocycles. The molecule has 1 rings (SSSR count). The van der Waals surface area contributed by atoms with Gasteiger partial charge in [-0.05, 0) is 24.5 Å². The van der Waals surface area contributed by atoms with E-state index in [2.05, 4.69) is 5.92 Å². The second kappa shape index (κ2) is 4.69. The Morgan fingerprint density at radius 3 is 2.77 bits per heavy atom.